The molecule has 2 aromatic carbocycles. The Balaban J connectivity index is 0.00000225. The highest BCUT2D eigenvalue weighted by Crippen LogP contribution is 2.39. The number of fused-ring (bicyclic) bond motifs is 2. The van der Waals surface area contributed by atoms with E-state index in [0.717, 1.165) is 17.3 Å². The minimum atomic E-state index is -2.31. The molecule has 2 aromatic rings. The van der Waals surface area contributed by atoms with E-state index in [4.69, 9.17) is 4.74 Å². The van der Waals surface area contributed by atoms with Crippen molar-refractivity contribution in [3.63, 3.8) is 0 Å². The molecule has 0 saturated carbocycles. The van der Waals surface area contributed by atoms with Gasteiger partial charge in [0.2, 0.25) is 0 Å². The number of halogens is 2. The molecular weight excluding hydrogens is 421 g/mol. The number of hydrogen-bond acceptors (Lipinski definition) is 2. The predicted octanol–water partition coefficient (Wildman–Crippen LogP) is 0.993. The molecule has 5 heteroatoms. The number of quaternary nitrogens is 1. The van der Waals surface area contributed by atoms with Gasteiger partial charge >= 0.3 is 5.97 Å². The van der Waals surface area contributed by atoms with Gasteiger partial charge in [0.1, 0.15) is 18.2 Å². The van der Waals surface area contributed by atoms with Crippen LogP contribution in [-0.4, -0.2) is 42.7 Å². The Morgan fingerprint density at radius 1 is 0.929 bits per heavy atom. The minimum Gasteiger partial charge on any atom is -1.00 e. The van der Waals surface area contributed by atoms with Crippen molar-refractivity contribution >= 4 is 5.97 Å². The van der Waals surface area contributed by atoms with Crippen LogP contribution in [0, 0.1) is 0 Å². The quantitative estimate of drug-likeness (QED) is 0.398. The van der Waals surface area contributed by atoms with Crippen LogP contribution in [0.25, 0.3) is 0 Å². The van der Waals surface area contributed by atoms with Crippen molar-refractivity contribution in [3.05, 3.63) is 83.9 Å². The molecule has 0 aliphatic carbocycles. The molecule has 4 rings (SSSR count). The largest absolute Gasteiger partial charge is 1.00 e. The van der Waals surface area contributed by atoms with Crippen LogP contribution >= 0.6 is 0 Å². The first-order chi connectivity index (χ1) is 12.9. The van der Waals surface area contributed by atoms with Crippen LogP contribution < -0.4 is 17.0 Å². The summed E-state index contributed by atoms with van der Waals surface area (Å²) in [6, 6.07) is 17.8. The summed E-state index contributed by atoms with van der Waals surface area (Å²) in [6.07, 6.45) is 5.60. The maximum Gasteiger partial charge on any atom is 0.353 e. The number of likely N-dealkylation sites (N-methyl/N-ethyl adjacent to an activating group) is 1. The fraction of sp³-hybridized carbons (Fsp3) is 0.348. The molecule has 148 valence electrons. The first kappa shape index (κ1) is 20.7. The standard InChI is InChI=1S/C23H25FNO2.BrH/c1-25(2)19-13-14-20(25)16-21(15-19)27-22(26)23(24,17-9-5-3-6-10-17)18-11-7-4-8-12-18;/h3-14,19-21H,15-16H2,1-2H3;1H/q+1;/p-1. The molecule has 2 bridgehead atoms. The van der Waals surface area contributed by atoms with Gasteiger partial charge in [-0.05, 0) is 12.2 Å². The maximum atomic E-state index is 16.3. The Hall–Kier alpha value is -1.98. The Morgan fingerprint density at radius 3 is 1.79 bits per heavy atom. The Bertz CT molecular complexity index is 796. The van der Waals surface area contributed by atoms with Gasteiger partial charge in [0, 0.05) is 24.0 Å². The van der Waals surface area contributed by atoms with Crippen molar-refractivity contribution in [2.24, 2.45) is 0 Å². The summed E-state index contributed by atoms with van der Waals surface area (Å²) >= 11 is 0. The van der Waals surface area contributed by atoms with E-state index < -0.39 is 11.6 Å². The lowest BCUT2D eigenvalue weighted by molar-refractivity contribution is -0.926. The molecule has 28 heavy (non-hydrogen) atoms. The SMILES string of the molecule is C[N+]1(C)C2C=CC1CC(OC(=O)C(F)(c1ccccc1)c1ccccc1)C2.[Br-]. The Labute approximate surface area is 176 Å². The summed E-state index contributed by atoms with van der Waals surface area (Å²) in [5.41, 5.74) is -1.71. The Morgan fingerprint density at radius 2 is 1.36 bits per heavy atom. The maximum absolute atomic E-state index is 16.3. The lowest BCUT2D eigenvalue weighted by Gasteiger charge is -2.44. The molecule has 0 spiro atoms. The van der Waals surface area contributed by atoms with Crippen LogP contribution in [0.1, 0.15) is 24.0 Å². The van der Waals surface area contributed by atoms with Crippen LogP contribution in [0.3, 0.4) is 0 Å². The van der Waals surface area contributed by atoms with Crippen LogP contribution in [0.2, 0.25) is 0 Å². The fourth-order valence-corrected chi connectivity index (χ4v) is 4.35. The third kappa shape index (κ3) is 3.42. The molecule has 1 saturated heterocycles. The van der Waals surface area contributed by atoms with Crippen molar-refractivity contribution < 1.29 is 35.4 Å². The van der Waals surface area contributed by atoms with E-state index in [2.05, 4.69) is 26.2 Å². The number of carbonyl (C=O) groups is 1. The normalized spacial score (nSPS) is 25.0. The number of esters is 1. The van der Waals surface area contributed by atoms with Crippen molar-refractivity contribution in [3.8, 4) is 0 Å². The molecule has 0 amide bonds. The highest BCUT2D eigenvalue weighted by molar-refractivity contribution is 5.85. The average molecular weight is 446 g/mol. The van der Waals surface area contributed by atoms with Gasteiger partial charge in [-0.2, -0.15) is 0 Å². The summed E-state index contributed by atoms with van der Waals surface area (Å²) in [4.78, 5) is 13.1. The first-order valence-electron chi connectivity index (χ1n) is 9.45. The second-order valence-corrected chi connectivity index (χ2v) is 8.04. The number of alkyl halides is 1. The monoisotopic (exact) mass is 445 g/mol. The van der Waals surface area contributed by atoms with Gasteiger partial charge in [-0.1, -0.05) is 60.7 Å². The topological polar surface area (TPSA) is 26.3 Å². The summed E-state index contributed by atoms with van der Waals surface area (Å²) in [5, 5.41) is 0. The molecule has 2 unspecified atom stereocenters. The number of piperidine rings is 1. The molecule has 3 nitrogen and oxygen atoms in total. The van der Waals surface area contributed by atoms with Crippen LogP contribution in [0.4, 0.5) is 4.39 Å². The summed E-state index contributed by atoms with van der Waals surface area (Å²) in [6.45, 7) is 0. The molecule has 2 aliphatic rings. The smallest absolute Gasteiger partial charge is 0.353 e. The van der Waals surface area contributed by atoms with Crippen LogP contribution in [0.15, 0.2) is 72.8 Å². The zero-order valence-electron chi connectivity index (χ0n) is 16.1. The molecular formula is C23H25BrFNO2. The summed E-state index contributed by atoms with van der Waals surface area (Å²) in [7, 11) is 4.39. The van der Waals surface area contributed by atoms with E-state index in [0.29, 0.717) is 23.2 Å². The zero-order valence-corrected chi connectivity index (χ0v) is 17.7. The molecule has 0 N–H and O–H groups in total. The van der Waals surface area contributed by atoms with Crippen molar-refractivity contribution in [2.45, 2.75) is 36.7 Å². The number of ether oxygens (including phenoxy) is 1. The third-order valence-electron chi connectivity index (χ3n) is 6.17. The predicted molar refractivity (Wildman–Crippen MR) is 103 cm³/mol. The Kier molecular flexibility index (Phi) is 5.78. The lowest BCUT2D eigenvalue weighted by atomic mass is 9.88. The van der Waals surface area contributed by atoms with E-state index in [1.165, 1.54) is 0 Å². The van der Waals surface area contributed by atoms with E-state index in [1.807, 2.05) is 12.1 Å². The number of rotatable bonds is 4. The van der Waals surface area contributed by atoms with Gasteiger partial charge in [-0.15, -0.1) is 0 Å². The fourth-order valence-electron chi connectivity index (χ4n) is 4.35. The van der Waals surface area contributed by atoms with Crippen LogP contribution in [0.5, 0.6) is 0 Å². The van der Waals surface area contributed by atoms with E-state index in [1.54, 1.807) is 48.5 Å². The lowest BCUT2D eigenvalue weighted by Crippen LogP contribution is -3.00. The highest BCUT2D eigenvalue weighted by atomic mass is 79.9. The third-order valence-corrected chi connectivity index (χ3v) is 6.17. The average Bonchev–Trinajstić information content (AvgIpc) is 2.86. The summed E-state index contributed by atoms with van der Waals surface area (Å²) in [5.74, 6) is -0.823. The van der Waals surface area contributed by atoms with Crippen molar-refractivity contribution in [1.29, 1.82) is 0 Å². The molecule has 2 aliphatic heterocycles. The highest BCUT2D eigenvalue weighted by Gasteiger charge is 2.50. The molecule has 2 heterocycles. The van der Waals surface area contributed by atoms with Gasteiger partial charge in [0.15, 0.2) is 0 Å². The van der Waals surface area contributed by atoms with Gasteiger partial charge in [-0.25, -0.2) is 9.18 Å². The summed E-state index contributed by atoms with van der Waals surface area (Å²) < 4.78 is 22.9. The van der Waals surface area contributed by atoms with Gasteiger partial charge in [0.05, 0.1) is 14.1 Å². The number of carbonyl (C=O) groups excluding carboxylic acids is 1. The first-order valence-corrected chi connectivity index (χ1v) is 9.45. The molecule has 1 fully saturated rings. The van der Waals surface area contributed by atoms with Gasteiger partial charge in [-0.3, -0.25) is 0 Å². The zero-order chi connectivity index (χ0) is 19.1. The second kappa shape index (κ2) is 7.80. The number of benzene rings is 2. The second-order valence-electron chi connectivity index (χ2n) is 8.04. The van der Waals surface area contributed by atoms with Crippen LogP contribution in [-0.2, 0) is 15.2 Å². The van der Waals surface area contributed by atoms with E-state index in [-0.39, 0.29) is 23.1 Å². The molecule has 0 radical (unpaired) electrons. The molecule has 2 atom stereocenters. The number of nitrogens with zero attached hydrogens (tertiary/aromatic N) is 1. The van der Waals surface area contributed by atoms with E-state index >= 15 is 4.39 Å². The van der Waals surface area contributed by atoms with Crippen molar-refractivity contribution in [2.75, 3.05) is 14.1 Å². The number of hydrogen-bond donors (Lipinski definition) is 0. The van der Waals surface area contributed by atoms with Crippen molar-refractivity contribution in [1.82, 2.24) is 0 Å². The minimum absolute atomic E-state index is 0. The van der Waals surface area contributed by atoms with Gasteiger partial charge in [0.25, 0.3) is 5.67 Å². The van der Waals surface area contributed by atoms with E-state index in [9.17, 15) is 4.79 Å². The van der Waals surface area contributed by atoms with Gasteiger partial charge < -0.3 is 26.2 Å². The molecule has 0 aromatic heterocycles.